The third-order valence-electron chi connectivity index (χ3n) is 2.09. The summed E-state index contributed by atoms with van der Waals surface area (Å²) in [7, 11) is 0. The molecule has 1 aromatic carbocycles. The summed E-state index contributed by atoms with van der Waals surface area (Å²) < 4.78 is 5.18. The van der Waals surface area contributed by atoms with Crippen molar-refractivity contribution in [2.75, 3.05) is 0 Å². The summed E-state index contributed by atoms with van der Waals surface area (Å²) in [6, 6.07) is 8.15. The van der Waals surface area contributed by atoms with Crippen molar-refractivity contribution in [3.8, 4) is 0 Å². The first-order valence-corrected chi connectivity index (χ1v) is 4.17. The summed E-state index contributed by atoms with van der Waals surface area (Å²) in [4.78, 5) is 0. The number of hydrogen-bond acceptors (Lipinski definition) is 1. The van der Waals surface area contributed by atoms with Crippen LogP contribution in [0.25, 0.3) is 11.0 Å². The highest BCUT2D eigenvalue weighted by Gasteiger charge is 2.01. The molecule has 2 aromatic rings. The van der Waals surface area contributed by atoms with Gasteiger partial charge in [-0.15, -0.1) is 0 Å². The van der Waals surface area contributed by atoms with Gasteiger partial charge in [0.05, 0.1) is 0 Å². The van der Waals surface area contributed by atoms with Crippen LogP contribution in [0.5, 0.6) is 0 Å². The standard InChI is InChI=1S/C11H11O/c1-8(2)10-4-3-9-5-6-12-11(9)7-10/h3-5,7-8H,1-2H3. The summed E-state index contributed by atoms with van der Waals surface area (Å²) in [6.07, 6.45) is 2.73. The van der Waals surface area contributed by atoms with Crippen LogP contribution in [0.3, 0.4) is 0 Å². The van der Waals surface area contributed by atoms with Gasteiger partial charge in [-0.25, -0.2) is 0 Å². The molecule has 0 aliphatic heterocycles. The van der Waals surface area contributed by atoms with Crippen LogP contribution in [0.2, 0.25) is 0 Å². The topological polar surface area (TPSA) is 13.1 Å². The van der Waals surface area contributed by atoms with Gasteiger partial charge in [-0.2, -0.15) is 0 Å². The van der Waals surface area contributed by atoms with Crippen molar-refractivity contribution in [3.05, 3.63) is 36.1 Å². The van der Waals surface area contributed by atoms with Crippen molar-refractivity contribution < 1.29 is 4.42 Å². The minimum absolute atomic E-state index is 0.555. The Hall–Kier alpha value is -1.24. The predicted molar refractivity (Wildman–Crippen MR) is 49.1 cm³/mol. The summed E-state index contributed by atoms with van der Waals surface area (Å²) >= 11 is 0. The van der Waals surface area contributed by atoms with Crippen molar-refractivity contribution in [2.45, 2.75) is 19.8 Å². The first-order valence-electron chi connectivity index (χ1n) is 4.17. The molecule has 0 spiro atoms. The fourth-order valence-corrected chi connectivity index (χ4v) is 1.27. The monoisotopic (exact) mass is 159 g/mol. The highest BCUT2D eigenvalue weighted by molar-refractivity contribution is 5.77. The lowest BCUT2D eigenvalue weighted by Crippen LogP contribution is -1.84. The highest BCUT2D eigenvalue weighted by atomic mass is 16.3. The van der Waals surface area contributed by atoms with Gasteiger partial charge < -0.3 is 4.42 Å². The second-order valence-electron chi connectivity index (χ2n) is 3.32. The Morgan fingerprint density at radius 1 is 1.33 bits per heavy atom. The lowest BCUT2D eigenvalue weighted by atomic mass is 10.0. The molecule has 0 saturated carbocycles. The van der Waals surface area contributed by atoms with Gasteiger partial charge in [0.15, 0.2) is 6.26 Å². The molecule has 0 atom stereocenters. The van der Waals surface area contributed by atoms with E-state index in [0.717, 1.165) is 11.0 Å². The second kappa shape index (κ2) is 2.67. The highest BCUT2D eigenvalue weighted by Crippen LogP contribution is 2.21. The average molecular weight is 159 g/mol. The van der Waals surface area contributed by atoms with E-state index in [4.69, 9.17) is 4.42 Å². The lowest BCUT2D eigenvalue weighted by molar-refractivity contribution is 0.605. The van der Waals surface area contributed by atoms with Gasteiger partial charge in [0.1, 0.15) is 5.58 Å². The van der Waals surface area contributed by atoms with Crippen LogP contribution in [0.15, 0.2) is 28.7 Å². The van der Waals surface area contributed by atoms with Gasteiger partial charge in [-0.05, 0) is 23.6 Å². The second-order valence-corrected chi connectivity index (χ2v) is 3.32. The minimum atomic E-state index is 0.555. The van der Waals surface area contributed by atoms with E-state index >= 15 is 0 Å². The maximum atomic E-state index is 5.18. The largest absolute Gasteiger partial charge is 0.453 e. The molecule has 0 bridgehead atoms. The van der Waals surface area contributed by atoms with Crippen LogP contribution < -0.4 is 0 Å². The molecule has 1 radical (unpaired) electrons. The molecule has 2 rings (SSSR count). The number of rotatable bonds is 1. The van der Waals surface area contributed by atoms with Gasteiger partial charge in [0.2, 0.25) is 0 Å². The van der Waals surface area contributed by atoms with E-state index in [2.05, 4.69) is 38.3 Å². The van der Waals surface area contributed by atoms with E-state index in [1.807, 2.05) is 6.07 Å². The minimum Gasteiger partial charge on any atom is -0.453 e. The maximum Gasteiger partial charge on any atom is 0.170 e. The molecule has 0 unspecified atom stereocenters. The van der Waals surface area contributed by atoms with Crippen LogP contribution >= 0.6 is 0 Å². The molecule has 0 saturated heterocycles. The third-order valence-corrected chi connectivity index (χ3v) is 2.09. The Bertz CT molecular complexity index is 385. The molecule has 1 heteroatoms. The molecule has 0 aliphatic rings. The Morgan fingerprint density at radius 3 is 2.92 bits per heavy atom. The SMILES string of the molecule is CC(C)c1ccc2c[c]oc2c1. The predicted octanol–water partition coefficient (Wildman–Crippen LogP) is 3.36. The Morgan fingerprint density at radius 2 is 2.17 bits per heavy atom. The lowest BCUT2D eigenvalue weighted by Gasteiger charge is -2.03. The molecule has 0 N–H and O–H groups in total. The van der Waals surface area contributed by atoms with Gasteiger partial charge >= 0.3 is 0 Å². The zero-order valence-electron chi connectivity index (χ0n) is 7.29. The summed E-state index contributed by atoms with van der Waals surface area (Å²) in [5.41, 5.74) is 2.24. The Labute approximate surface area is 72.0 Å². The van der Waals surface area contributed by atoms with Crippen LogP contribution in [0, 0.1) is 6.26 Å². The van der Waals surface area contributed by atoms with E-state index in [-0.39, 0.29) is 0 Å². The molecular formula is C11H11O. The number of benzene rings is 1. The molecular weight excluding hydrogens is 148 g/mol. The average Bonchev–Trinajstić information content (AvgIpc) is 2.49. The van der Waals surface area contributed by atoms with Crippen molar-refractivity contribution in [1.82, 2.24) is 0 Å². The Balaban J connectivity index is 2.60. The fourth-order valence-electron chi connectivity index (χ4n) is 1.27. The van der Waals surface area contributed by atoms with Gasteiger partial charge in [-0.3, -0.25) is 0 Å². The Kier molecular flexibility index (Phi) is 1.65. The normalized spacial score (nSPS) is 11.2. The molecule has 0 amide bonds. The summed E-state index contributed by atoms with van der Waals surface area (Å²) in [6.45, 7) is 4.35. The summed E-state index contributed by atoms with van der Waals surface area (Å²) in [5, 5.41) is 1.12. The molecule has 1 nitrogen and oxygen atoms in total. The van der Waals surface area contributed by atoms with Gasteiger partial charge in [0, 0.05) is 5.39 Å². The number of furan rings is 1. The van der Waals surface area contributed by atoms with E-state index in [0.29, 0.717) is 5.92 Å². The number of hydrogen-bond donors (Lipinski definition) is 0. The zero-order valence-corrected chi connectivity index (χ0v) is 7.29. The van der Waals surface area contributed by atoms with Gasteiger partial charge in [0.25, 0.3) is 0 Å². The molecule has 1 aromatic heterocycles. The first-order chi connectivity index (χ1) is 5.77. The zero-order chi connectivity index (χ0) is 8.55. The molecule has 1 heterocycles. The van der Waals surface area contributed by atoms with Crippen LogP contribution in [0.1, 0.15) is 25.3 Å². The molecule has 0 aliphatic carbocycles. The van der Waals surface area contributed by atoms with Crippen molar-refractivity contribution >= 4 is 11.0 Å². The quantitative estimate of drug-likeness (QED) is 0.621. The first kappa shape index (κ1) is 7.41. The number of fused-ring (bicyclic) bond motifs is 1. The van der Waals surface area contributed by atoms with Crippen molar-refractivity contribution in [3.63, 3.8) is 0 Å². The van der Waals surface area contributed by atoms with E-state index < -0.39 is 0 Å². The third kappa shape index (κ3) is 1.11. The van der Waals surface area contributed by atoms with E-state index in [1.165, 1.54) is 5.56 Å². The molecule has 12 heavy (non-hydrogen) atoms. The maximum absolute atomic E-state index is 5.18. The van der Waals surface area contributed by atoms with Crippen LogP contribution in [-0.4, -0.2) is 0 Å². The van der Waals surface area contributed by atoms with Crippen molar-refractivity contribution in [2.24, 2.45) is 0 Å². The summed E-state index contributed by atoms with van der Waals surface area (Å²) in [5.74, 6) is 0.555. The van der Waals surface area contributed by atoms with Crippen LogP contribution in [0.4, 0.5) is 0 Å². The molecule has 0 fully saturated rings. The van der Waals surface area contributed by atoms with E-state index in [9.17, 15) is 0 Å². The molecule has 61 valence electrons. The van der Waals surface area contributed by atoms with Crippen molar-refractivity contribution in [1.29, 1.82) is 0 Å². The van der Waals surface area contributed by atoms with Gasteiger partial charge in [-0.1, -0.05) is 26.0 Å². The fraction of sp³-hybridized carbons (Fsp3) is 0.273. The van der Waals surface area contributed by atoms with Crippen LogP contribution in [-0.2, 0) is 0 Å². The van der Waals surface area contributed by atoms with E-state index in [1.54, 1.807) is 0 Å². The smallest absolute Gasteiger partial charge is 0.170 e.